The van der Waals surface area contributed by atoms with Crippen LogP contribution in [0.15, 0.2) is 48.5 Å². The number of methoxy groups -OCH3 is 1. The highest BCUT2D eigenvalue weighted by atomic mass is 16.5. The summed E-state index contributed by atoms with van der Waals surface area (Å²) in [7, 11) is 1.48. The molecule has 0 spiro atoms. The minimum atomic E-state index is -0.132. The molecule has 0 fully saturated rings. The van der Waals surface area contributed by atoms with E-state index in [4.69, 9.17) is 4.74 Å². The Balaban J connectivity index is 1.95. The predicted octanol–water partition coefficient (Wildman–Crippen LogP) is 3.88. The molecule has 0 saturated carbocycles. The Kier molecular flexibility index (Phi) is 7.24. The highest BCUT2D eigenvalue weighted by Crippen LogP contribution is 2.25. The van der Waals surface area contributed by atoms with E-state index in [9.17, 15) is 14.4 Å². The summed E-state index contributed by atoms with van der Waals surface area (Å²) in [6.07, 6.45) is 1.12. The Labute approximate surface area is 153 Å². The fourth-order valence-electron chi connectivity index (χ4n) is 2.68. The number of rotatable bonds is 9. The van der Waals surface area contributed by atoms with Gasteiger partial charge in [-0.1, -0.05) is 36.4 Å². The molecule has 136 valence electrons. The summed E-state index contributed by atoms with van der Waals surface area (Å²) in [6, 6.07) is 14.8. The molecule has 0 heterocycles. The number of ether oxygens (including phenoxy) is 1. The van der Waals surface area contributed by atoms with Crippen LogP contribution in [0.25, 0.3) is 11.1 Å². The molecule has 0 aromatic heterocycles. The molecule has 2 aromatic carbocycles. The van der Waals surface area contributed by atoms with Crippen molar-refractivity contribution in [3.63, 3.8) is 0 Å². The molecule has 0 unspecified atom stereocenters. The number of carbonyl (C=O) groups is 3. The Hall–Kier alpha value is -2.79. The van der Waals surface area contributed by atoms with Crippen molar-refractivity contribution in [1.82, 2.24) is 0 Å². The lowest BCUT2D eigenvalue weighted by Gasteiger charge is -2.09. The molecule has 1 N–H and O–H groups in total. The third-order valence-electron chi connectivity index (χ3n) is 3.95. The van der Waals surface area contributed by atoms with E-state index in [1.165, 1.54) is 7.11 Å². The number of Topliss-reactive ketones (excluding diaryl/α,β-unsaturated/α-hetero) is 2. The second-order valence-electron chi connectivity index (χ2n) is 6.05. The van der Waals surface area contributed by atoms with Crippen molar-refractivity contribution in [2.75, 3.05) is 19.0 Å². The number of hydrogen-bond donors (Lipinski definition) is 1. The van der Waals surface area contributed by atoms with Gasteiger partial charge in [0.25, 0.3) is 0 Å². The van der Waals surface area contributed by atoms with Crippen LogP contribution in [0.5, 0.6) is 0 Å². The van der Waals surface area contributed by atoms with Crippen molar-refractivity contribution >= 4 is 23.2 Å². The molecule has 2 aromatic rings. The lowest BCUT2D eigenvalue weighted by molar-refractivity contribution is -0.122. The van der Waals surface area contributed by atoms with E-state index in [2.05, 4.69) is 5.32 Å². The average molecular weight is 353 g/mol. The van der Waals surface area contributed by atoms with Crippen molar-refractivity contribution in [3.05, 3.63) is 54.1 Å². The molecule has 0 radical (unpaired) electrons. The minimum absolute atomic E-state index is 0.00575. The van der Waals surface area contributed by atoms with E-state index >= 15 is 0 Å². The van der Waals surface area contributed by atoms with Gasteiger partial charge in [0.1, 0.15) is 6.61 Å². The first-order valence-electron chi connectivity index (χ1n) is 8.52. The van der Waals surface area contributed by atoms with Gasteiger partial charge >= 0.3 is 0 Å². The van der Waals surface area contributed by atoms with Crippen LogP contribution in [-0.4, -0.2) is 31.2 Å². The topological polar surface area (TPSA) is 72.5 Å². The smallest absolute Gasteiger partial charge is 0.224 e. The van der Waals surface area contributed by atoms with Gasteiger partial charge in [0.2, 0.25) is 5.91 Å². The highest BCUT2D eigenvalue weighted by Gasteiger charge is 2.09. The zero-order valence-electron chi connectivity index (χ0n) is 15.1. The average Bonchev–Trinajstić information content (AvgIpc) is 2.62. The van der Waals surface area contributed by atoms with E-state index in [-0.39, 0.29) is 30.5 Å². The Morgan fingerprint density at radius 1 is 0.962 bits per heavy atom. The molecule has 5 heteroatoms. The van der Waals surface area contributed by atoms with Crippen molar-refractivity contribution in [2.45, 2.75) is 26.2 Å². The maximum Gasteiger partial charge on any atom is 0.224 e. The first-order valence-corrected chi connectivity index (χ1v) is 8.52. The maximum atomic E-state index is 12.0. The summed E-state index contributed by atoms with van der Waals surface area (Å²) in [4.78, 5) is 35.1. The lowest BCUT2D eigenvalue weighted by atomic mass is 9.97. The second-order valence-corrected chi connectivity index (χ2v) is 6.05. The van der Waals surface area contributed by atoms with Gasteiger partial charge in [0, 0.05) is 31.2 Å². The number of carbonyl (C=O) groups excluding carboxylic acids is 3. The number of hydrogen-bond acceptors (Lipinski definition) is 4. The zero-order valence-corrected chi connectivity index (χ0v) is 15.1. The van der Waals surface area contributed by atoms with Crippen molar-refractivity contribution in [3.8, 4) is 11.1 Å². The molecule has 0 aliphatic heterocycles. The molecule has 0 bridgehead atoms. The van der Waals surface area contributed by atoms with Gasteiger partial charge in [-0.05, 0) is 36.6 Å². The maximum absolute atomic E-state index is 12.0. The third-order valence-corrected chi connectivity index (χ3v) is 3.95. The summed E-state index contributed by atoms with van der Waals surface area (Å²) >= 11 is 0. The van der Waals surface area contributed by atoms with Gasteiger partial charge < -0.3 is 10.1 Å². The largest absolute Gasteiger partial charge is 0.377 e. The summed E-state index contributed by atoms with van der Waals surface area (Å²) in [5, 5.41) is 2.82. The first kappa shape index (κ1) is 19.5. The van der Waals surface area contributed by atoms with Gasteiger partial charge in [0.05, 0.1) is 0 Å². The van der Waals surface area contributed by atoms with E-state index < -0.39 is 0 Å². The molecule has 1 amide bonds. The molecule has 0 saturated heterocycles. The number of ketones is 2. The van der Waals surface area contributed by atoms with Crippen molar-refractivity contribution in [2.24, 2.45) is 0 Å². The minimum Gasteiger partial charge on any atom is -0.377 e. The van der Waals surface area contributed by atoms with Gasteiger partial charge in [-0.15, -0.1) is 0 Å². The second kappa shape index (κ2) is 9.63. The van der Waals surface area contributed by atoms with Gasteiger partial charge in [-0.2, -0.15) is 0 Å². The number of benzene rings is 2. The number of amides is 1. The first-order chi connectivity index (χ1) is 12.5. The molecule has 2 rings (SSSR count). The van der Waals surface area contributed by atoms with Crippen LogP contribution in [0.3, 0.4) is 0 Å². The van der Waals surface area contributed by atoms with Crippen LogP contribution >= 0.6 is 0 Å². The number of nitrogens with one attached hydrogen (secondary N) is 1. The summed E-state index contributed by atoms with van der Waals surface area (Å²) in [6.45, 7) is 1.63. The van der Waals surface area contributed by atoms with E-state index in [1.54, 1.807) is 25.1 Å². The fraction of sp³-hybridized carbons (Fsp3) is 0.286. The molecular weight excluding hydrogens is 330 g/mol. The van der Waals surface area contributed by atoms with E-state index in [0.29, 0.717) is 24.1 Å². The van der Waals surface area contributed by atoms with Crippen molar-refractivity contribution < 1.29 is 19.1 Å². The predicted molar refractivity (Wildman–Crippen MR) is 101 cm³/mol. The Morgan fingerprint density at radius 3 is 2.31 bits per heavy atom. The molecule has 0 atom stereocenters. The molecule has 0 aliphatic rings. The Morgan fingerprint density at radius 2 is 1.65 bits per heavy atom. The Bertz CT molecular complexity index is 781. The van der Waals surface area contributed by atoms with Gasteiger partial charge in [-0.25, -0.2) is 0 Å². The van der Waals surface area contributed by atoms with Crippen LogP contribution in [0.4, 0.5) is 5.69 Å². The lowest BCUT2D eigenvalue weighted by Crippen LogP contribution is -2.13. The highest BCUT2D eigenvalue weighted by molar-refractivity contribution is 6.01. The van der Waals surface area contributed by atoms with Crippen LogP contribution in [0.1, 0.15) is 36.5 Å². The third kappa shape index (κ3) is 5.63. The fourth-order valence-corrected chi connectivity index (χ4v) is 2.68. The standard InChI is InChI=1S/C21H23NO4/c1-15(23)19-7-3-4-8-20(19)16-10-12-17(13-11-16)22-21(25)9-5-6-18(24)14-26-2/h3-4,7-8,10-13H,5-6,9,14H2,1-2H3,(H,22,25). The summed E-state index contributed by atoms with van der Waals surface area (Å²) in [5.74, 6) is -0.123. The molecule has 5 nitrogen and oxygen atoms in total. The van der Waals surface area contributed by atoms with Gasteiger partial charge in [0.15, 0.2) is 11.6 Å². The van der Waals surface area contributed by atoms with Gasteiger partial charge in [-0.3, -0.25) is 14.4 Å². The molecule has 0 aliphatic carbocycles. The van der Waals surface area contributed by atoms with E-state index in [1.807, 2.05) is 30.3 Å². The van der Waals surface area contributed by atoms with Crippen molar-refractivity contribution in [1.29, 1.82) is 0 Å². The van der Waals surface area contributed by atoms with Crippen LogP contribution in [-0.2, 0) is 14.3 Å². The monoisotopic (exact) mass is 353 g/mol. The number of anilines is 1. The van der Waals surface area contributed by atoms with Crippen LogP contribution in [0, 0.1) is 0 Å². The quantitative estimate of drug-likeness (QED) is 0.694. The molecule has 26 heavy (non-hydrogen) atoms. The van der Waals surface area contributed by atoms with E-state index in [0.717, 1.165) is 11.1 Å². The SMILES string of the molecule is COCC(=O)CCCC(=O)Nc1ccc(-c2ccccc2C(C)=O)cc1. The zero-order chi connectivity index (χ0) is 18.9. The summed E-state index contributed by atoms with van der Waals surface area (Å²) in [5.41, 5.74) is 3.14. The summed E-state index contributed by atoms with van der Waals surface area (Å²) < 4.78 is 4.76. The van der Waals surface area contributed by atoms with Crippen LogP contribution < -0.4 is 5.32 Å². The normalized spacial score (nSPS) is 10.4. The molecular formula is C21H23NO4. The van der Waals surface area contributed by atoms with Crippen LogP contribution in [0.2, 0.25) is 0 Å².